The van der Waals surface area contributed by atoms with Gasteiger partial charge in [0.1, 0.15) is 11.5 Å². The van der Waals surface area contributed by atoms with Crippen molar-refractivity contribution >= 4 is 17.5 Å². The van der Waals surface area contributed by atoms with Crippen LogP contribution in [0.1, 0.15) is 15.9 Å². The number of ether oxygens (including phenoxy) is 1. The first-order valence-corrected chi connectivity index (χ1v) is 8.32. The van der Waals surface area contributed by atoms with Crippen molar-refractivity contribution in [1.29, 1.82) is 0 Å². The molecule has 0 atom stereocenters. The number of benzene rings is 2. The topological polar surface area (TPSA) is 90.9 Å². The summed E-state index contributed by atoms with van der Waals surface area (Å²) in [5.41, 5.74) is 2.10. The number of aromatic hydroxyl groups is 1. The van der Waals surface area contributed by atoms with E-state index in [4.69, 9.17) is 4.74 Å². The van der Waals surface area contributed by atoms with Crippen LogP contribution in [0.15, 0.2) is 42.5 Å². The summed E-state index contributed by atoms with van der Waals surface area (Å²) in [7, 11) is 1.49. The van der Waals surface area contributed by atoms with E-state index < -0.39 is 0 Å². The highest BCUT2D eigenvalue weighted by molar-refractivity contribution is 5.97. The Bertz CT molecular complexity index is 805. The van der Waals surface area contributed by atoms with Crippen LogP contribution in [0.4, 0.5) is 5.69 Å². The molecule has 7 heteroatoms. The zero-order valence-electron chi connectivity index (χ0n) is 14.5. The highest BCUT2D eigenvalue weighted by atomic mass is 16.5. The Labute approximate surface area is 151 Å². The van der Waals surface area contributed by atoms with Crippen LogP contribution in [0.3, 0.4) is 0 Å². The molecule has 0 saturated carbocycles. The van der Waals surface area contributed by atoms with E-state index in [0.29, 0.717) is 25.4 Å². The van der Waals surface area contributed by atoms with Gasteiger partial charge >= 0.3 is 0 Å². The highest BCUT2D eigenvalue weighted by Gasteiger charge is 2.16. The molecular weight excluding hydrogens is 334 g/mol. The fourth-order valence-corrected chi connectivity index (χ4v) is 2.79. The van der Waals surface area contributed by atoms with E-state index in [-0.39, 0.29) is 23.1 Å². The zero-order chi connectivity index (χ0) is 18.5. The Kier molecular flexibility index (Phi) is 5.26. The van der Waals surface area contributed by atoms with Crippen molar-refractivity contribution in [3.8, 4) is 11.5 Å². The minimum absolute atomic E-state index is 0.0203. The number of hydrogen-bond acceptors (Lipinski definition) is 5. The molecule has 1 saturated heterocycles. The van der Waals surface area contributed by atoms with Gasteiger partial charge in [-0.3, -0.25) is 9.59 Å². The van der Waals surface area contributed by atoms with E-state index >= 15 is 0 Å². The quantitative estimate of drug-likeness (QED) is 0.751. The van der Waals surface area contributed by atoms with Crippen LogP contribution in [0.5, 0.6) is 11.5 Å². The molecule has 3 rings (SSSR count). The summed E-state index contributed by atoms with van der Waals surface area (Å²) in [6.07, 6.45) is 0. The van der Waals surface area contributed by atoms with Crippen molar-refractivity contribution in [2.24, 2.45) is 0 Å². The number of phenolic OH excluding ortho intramolecular Hbond substituents is 1. The third-order valence-electron chi connectivity index (χ3n) is 4.24. The molecule has 1 fully saturated rings. The maximum absolute atomic E-state index is 12.2. The first-order valence-electron chi connectivity index (χ1n) is 8.32. The lowest BCUT2D eigenvalue weighted by Crippen LogP contribution is -2.47. The van der Waals surface area contributed by atoms with Gasteiger partial charge < -0.3 is 25.4 Å². The number of phenols is 1. The Hall–Kier alpha value is -3.22. The van der Waals surface area contributed by atoms with Crippen LogP contribution >= 0.6 is 0 Å². The third-order valence-corrected chi connectivity index (χ3v) is 4.24. The molecular formula is C19H21N3O4. The lowest BCUT2D eigenvalue weighted by atomic mass is 10.1. The normalized spacial score (nSPS) is 13.9. The van der Waals surface area contributed by atoms with E-state index in [9.17, 15) is 14.7 Å². The predicted molar refractivity (Wildman–Crippen MR) is 97.5 cm³/mol. The second-order valence-electron chi connectivity index (χ2n) is 6.00. The van der Waals surface area contributed by atoms with Crippen LogP contribution < -0.4 is 20.3 Å². The zero-order valence-corrected chi connectivity index (χ0v) is 14.5. The number of carbonyl (C=O) groups is 2. The van der Waals surface area contributed by atoms with Gasteiger partial charge in [-0.1, -0.05) is 12.1 Å². The van der Waals surface area contributed by atoms with Crippen molar-refractivity contribution in [3.63, 3.8) is 0 Å². The minimum atomic E-state index is -0.359. The first-order chi connectivity index (χ1) is 12.6. The van der Waals surface area contributed by atoms with Crippen LogP contribution in [0, 0.1) is 0 Å². The van der Waals surface area contributed by atoms with Crippen molar-refractivity contribution in [2.45, 2.75) is 6.54 Å². The maximum Gasteiger partial charge on any atom is 0.255 e. The summed E-state index contributed by atoms with van der Waals surface area (Å²) in [5, 5.41) is 15.5. The standard InChI is InChI=1S/C19H21N3O4/c1-26-15-6-7-16(17(23)10-15)19(25)21-11-13-2-4-14(5-3-13)22-9-8-20-18(24)12-22/h2-7,10,23H,8-9,11-12H2,1H3,(H,20,24)(H,21,25). The molecule has 1 heterocycles. The smallest absolute Gasteiger partial charge is 0.255 e. The fraction of sp³-hybridized carbons (Fsp3) is 0.263. The van der Waals surface area contributed by atoms with Gasteiger partial charge in [-0.25, -0.2) is 0 Å². The maximum atomic E-state index is 12.2. The van der Waals surface area contributed by atoms with E-state index in [1.807, 2.05) is 29.2 Å². The minimum Gasteiger partial charge on any atom is -0.507 e. The molecule has 1 aliphatic rings. The summed E-state index contributed by atoms with van der Waals surface area (Å²) in [6.45, 7) is 2.11. The second kappa shape index (κ2) is 7.77. The average molecular weight is 355 g/mol. The Balaban J connectivity index is 1.59. The van der Waals surface area contributed by atoms with Gasteiger partial charge in [-0.2, -0.15) is 0 Å². The molecule has 0 unspecified atom stereocenters. The van der Waals surface area contributed by atoms with Gasteiger partial charge in [0.15, 0.2) is 0 Å². The van der Waals surface area contributed by atoms with Gasteiger partial charge in [0.25, 0.3) is 5.91 Å². The van der Waals surface area contributed by atoms with Gasteiger partial charge in [0.05, 0.1) is 19.2 Å². The van der Waals surface area contributed by atoms with E-state index in [0.717, 1.165) is 17.8 Å². The molecule has 2 aromatic rings. The Morgan fingerprint density at radius 2 is 2.04 bits per heavy atom. The summed E-state index contributed by atoms with van der Waals surface area (Å²) in [5.74, 6) is 0.0235. The van der Waals surface area contributed by atoms with E-state index in [2.05, 4.69) is 10.6 Å². The number of rotatable bonds is 5. The summed E-state index contributed by atoms with van der Waals surface area (Å²) < 4.78 is 5.01. The van der Waals surface area contributed by atoms with Gasteiger partial charge in [-0.05, 0) is 29.8 Å². The molecule has 0 aliphatic carbocycles. The van der Waals surface area contributed by atoms with Crippen molar-refractivity contribution in [3.05, 3.63) is 53.6 Å². The Morgan fingerprint density at radius 3 is 2.69 bits per heavy atom. The second-order valence-corrected chi connectivity index (χ2v) is 6.00. The number of hydrogen-bond donors (Lipinski definition) is 3. The molecule has 0 spiro atoms. The molecule has 26 heavy (non-hydrogen) atoms. The lowest BCUT2D eigenvalue weighted by molar-refractivity contribution is -0.120. The summed E-state index contributed by atoms with van der Waals surface area (Å²) in [4.78, 5) is 25.7. The molecule has 0 radical (unpaired) electrons. The summed E-state index contributed by atoms with van der Waals surface area (Å²) in [6, 6.07) is 12.2. The number of nitrogens with zero attached hydrogens (tertiary/aromatic N) is 1. The van der Waals surface area contributed by atoms with Crippen LogP contribution in [-0.2, 0) is 11.3 Å². The number of amides is 2. The molecule has 3 N–H and O–H groups in total. The highest BCUT2D eigenvalue weighted by Crippen LogP contribution is 2.23. The van der Waals surface area contributed by atoms with Gasteiger partial charge in [0.2, 0.25) is 5.91 Å². The molecule has 2 amide bonds. The number of methoxy groups -OCH3 is 1. The molecule has 0 aromatic heterocycles. The monoisotopic (exact) mass is 355 g/mol. The van der Waals surface area contributed by atoms with Crippen molar-refractivity contribution < 1.29 is 19.4 Å². The molecule has 1 aliphatic heterocycles. The van der Waals surface area contributed by atoms with Crippen molar-refractivity contribution in [2.75, 3.05) is 31.6 Å². The molecule has 136 valence electrons. The van der Waals surface area contributed by atoms with E-state index in [1.54, 1.807) is 6.07 Å². The van der Waals surface area contributed by atoms with Crippen molar-refractivity contribution in [1.82, 2.24) is 10.6 Å². The molecule has 7 nitrogen and oxygen atoms in total. The number of piperazine rings is 1. The SMILES string of the molecule is COc1ccc(C(=O)NCc2ccc(N3CCNC(=O)C3)cc2)c(O)c1. The van der Waals surface area contributed by atoms with Crippen LogP contribution in [-0.4, -0.2) is 43.7 Å². The van der Waals surface area contributed by atoms with E-state index in [1.165, 1.54) is 19.2 Å². The largest absolute Gasteiger partial charge is 0.507 e. The number of nitrogens with one attached hydrogen (secondary N) is 2. The van der Waals surface area contributed by atoms with Gasteiger partial charge in [0, 0.05) is 31.4 Å². The summed E-state index contributed by atoms with van der Waals surface area (Å²) >= 11 is 0. The van der Waals surface area contributed by atoms with Crippen LogP contribution in [0.2, 0.25) is 0 Å². The third kappa shape index (κ3) is 4.05. The number of carbonyl (C=O) groups excluding carboxylic acids is 2. The van der Waals surface area contributed by atoms with Crippen LogP contribution in [0.25, 0.3) is 0 Å². The molecule has 0 bridgehead atoms. The first kappa shape index (κ1) is 17.6. The average Bonchev–Trinajstić information content (AvgIpc) is 2.66. The number of anilines is 1. The predicted octanol–water partition coefficient (Wildman–Crippen LogP) is 1.27. The lowest BCUT2D eigenvalue weighted by Gasteiger charge is -2.28. The molecule has 2 aromatic carbocycles. The fourth-order valence-electron chi connectivity index (χ4n) is 2.79. The Morgan fingerprint density at radius 1 is 1.27 bits per heavy atom. The van der Waals surface area contributed by atoms with Gasteiger partial charge in [-0.15, -0.1) is 0 Å².